The van der Waals surface area contributed by atoms with Gasteiger partial charge in [0.05, 0.1) is 5.66 Å². The smallest absolute Gasteiger partial charge is 0.0652 e. The van der Waals surface area contributed by atoms with Crippen LogP contribution < -0.4 is 5.32 Å². The molecule has 1 N–H and O–H groups in total. The summed E-state index contributed by atoms with van der Waals surface area (Å²) in [5, 5.41) is 6.02. The van der Waals surface area contributed by atoms with E-state index in [1.165, 1.54) is 22.9 Å². The highest BCUT2D eigenvalue weighted by atomic mass is 15.3. The van der Waals surface area contributed by atoms with Crippen molar-refractivity contribution in [1.29, 1.82) is 0 Å². The van der Waals surface area contributed by atoms with Crippen molar-refractivity contribution in [3.8, 4) is 0 Å². The monoisotopic (exact) mass is 256 g/mol. The highest BCUT2D eigenvalue weighted by molar-refractivity contribution is 5.82. The van der Waals surface area contributed by atoms with Crippen LogP contribution >= 0.6 is 0 Å². The topological polar surface area (TPSA) is 15.3 Å². The molecule has 1 fully saturated rings. The Kier molecular flexibility index (Phi) is 4.23. The van der Waals surface area contributed by atoms with Gasteiger partial charge in [0.25, 0.3) is 0 Å². The molecule has 0 aromatic heterocycles. The van der Waals surface area contributed by atoms with Gasteiger partial charge in [-0.15, -0.1) is 0 Å². The molecule has 2 nitrogen and oxygen atoms in total. The quantitative estimate of drug-likeness (QED) is 0.777. The molecule has 1 saturated heterocycles. The number of benzene rings is 2. The SMILES string of the molecule is CN1CCNC1(C)C.Cc1ccc2ccccc2c1. The van der Waals surface area contributed by atoms with Crippen LogP contribution in [0, 0.1) is 6.92 Å². The molecule has 1 heterocycles. The predicted molar refractivity (Wildman–Crippen MR) is 83.4 cm³/mol. The van der Waals surface area contributed by atoms with Crippen molar-refractivity contribution >= 4 is 10.8 Å². The fourth-order valence-corrected chi connectivity index (χ4v) is 2.25. The Balaban J connectivity index is 0.000000148. The molecule has 2 aromatic rings. The first-order valence-electron chi connectivity index (χ1n) is 6.91. The first kappa shape index (κ1) is 14.0. The molecular formula is C17H24N2. The first-order chi connectivity index (χ1) is 8.99. The van der Waals surface area contributed by atoms with E-state index in [4.69, 9.17) is 0 Å². The maximum atomic E-state index is 3.37. The van der Waals surface area contributed by atoms with Crippen LogP contribution in [0.4, 0.5) is 0 Å². The highest BCUT2D eigenvalue weighted by Crippen LogP contribution is 2.14. The van der Waals surface area contributed by atoms with E-state index in [1.807, 2.05) is 0 Å². The summed E-state index contributed by atoms with van der Waals surface area (Å²) in [6, 6.07) is 14.9. The van der Waals surface area contributed by atoms with Crippen molar-refractivity contribution < 1.29 is 0 Å². The van der Waals surface area contributed by atoms with Gasteiger partial charge in [-0.3, -0.25) is 10.2 Å². The van der Waals surface area contributed by atoms with Gasteiger partial charge in [0.15, 0.2) is 0 Å². The molecule has 1 aliphatic rings. The van der Waals surface area contributed by atoms with Crippen molar-refractivity contribution in [3.63, 3.8) is 0 Å². The summed E-state index contributed by atoms with van der Waals surface area (Å²) in [5.41, 5.74) is 1.56. The summed E-state index contributed by atoms with van der Waals surface area (Å²) in [7, 11) is 2.14. The summed E-state index contributed by atoms with van der Waals surface area (Å²) >= 11 is 0. The Morgan fingerprint density at radius 3 is 2.26 bits per heavy atom. The minimum absolute atomic E-state index is 0.236. The highest BCUT2D eigenvalue weighted by Gasteiger charge is 2.27. The van der Waals surface area contributed by atoms with Crippen molar-refractivity contribution in [2.45, 2.75) is 26.4 Å². The number of hydrogen-bond acceptors (Lipinski definition) is 2. The van der Waals surface area contributed by atoms with Gasteiger partial charge in [-0.2, -0.15) is 0 Å². The lowest BCUT2D eigenvalue weighted by Gasteiger charge is -2.26. The van der Waals surface area contributed by atoms with Crippen LogP contribution in [0.1, 0.15) is 19.4 Å². The Morgan fingerprint density at radius 1 is 1.05 bits per heavy atom. The van der Waals surface area contributed by atoms with Crippen LogP contribution in [0.2, 0.25) is 0 Å². The summed E-state index contributed by atoms with van der Waals surface area (Å²) in [5.74, 6) is 0. The molecule has 3 rings (SSSR count). The van der Waals surface area contributed by atoms with E-state index < -0.39 is 0 Å². The van der Waals surface area contributed by atoms with E-state index >= 15 is 0 Å². The lowest BCUT2D eigenvalue weighted by molar-refractivity contribution is 0.197. The average molecular weight is 256 g/mol. The van der Waals surface area contributed by atoms with Crippen molar-refractivity contribution in [1.82, 2.24) is 10.2 Å². The summed E-state index contributed by atoms with van der Waals surface area (Å²) in [4.78, 5) is 2.31. The standard InChI is InChI=1S/C11H10.C6H14N2/c1-9-6-7-10-4-2-3-5-11(10)8-9;1-6(2)7-4-5-8(6)3/h2-8H,1H3;7H,4-5H2,1-3H3. The fourth-order valence-electron chi connectivity index (χ4n) is 2.25. The zero-order valence-corrected chi connectivity index (χ0v) is 12.4. The van der Waals surface area contributed by atoms with E-state index in [2.05, 4.69) is 80.5 Å². The van der Waals surface area contributed by atoms with Gasteiger partial charge in [0.2, 0.25) is 0 Å². The zero-order valence-electron chi connectivity index (χ0n) is 12.4. The van der Waals surface area contributed by atoms with Crippen LogP contribution in [0.15, 0.2) is 42.5 Å². The summed E-state index contributed by atoms with van der Waals surface area (Å²) in [6.07, 6.45) is 0. The number of nitrogens with zero attached hydrogens (tertiary/aromatic N) is 1. The molecule has 0 amide bonds. The Labute approximate surface area is 116 Å². The van der Waals surface area contributed by atoms with E-state index in [0.717, 1.165) is 6.54 Å². The van der Waals surface area contributed by atoms with E-state index in [0.29, 0.717) is 0 Å². The maximum Gasteiger partial charge on any atom is 0.0652 e. The number of hydrogen-bond donors (Lipinski definition) is 1. The molecule has 1 aliphatic heterocycles. The Morgan fingerprint density at radius 2 is 1.74 bits per heavy atom. The second kappa shape index (κ2) is 5.72. The molecule has 0 unspecified atom stereocenters. The number of likely N-dealkylation sites (N-methyl/N-ethyl adjacent to an activating group) is 1. The number of fused-ring (bicyclic) bond motifs is 1. The third kappa shape index (κ3) is 3.55. The van der Waals surface area contributed by atoms with Crippen LogP contribution in [0.5, 0.6) is 0 Å². The third-order valence-electron chi connectivity index (χ3n) is 3.86. The van der Waals surface area contributed by atoms with E-state index in [-0.39, 0.29) is 5.66 Å². The first-order valence-corrected chi connectivity index (χ1v) is 6.91. The van der Waals surface area contributed by atoms with Gasteiger partial charge in [0, 0.05) is 13.1 Å². The molecule has 102 valence electrons. The largest absolute Gasteiger partial charge is 0.298 e. The van der Waals surface area contributed by atoms with Gasteiger partial charge >= 0.3 is 0 Å². The number of aryl methyl sites for hydroxylation is 1. The van der Waals surface area contributed by atoms with Crippen LogP contribution in [0.25, 0.3) is 10.8 Å². The molecule has 0 atom stereocenters. The Hall–Kier alpha value is -1.38. The summed E-state index contributed by atoms with van der Waals surface area (Å²) in [6.45, 7) is 8.81. The molecule has 19 heavy (non-hydrogen) atoms. The van der Waals surface area contributed by atoms with Gasteiger partial charge in [-0.1, -0.05) is 48.0 Å². The van der Waals surface area contributed by atoms with Crippen molar-refractivity contribution in [3.05, 3.63) is 48.0 Å². The molecule has 0 bridgehead atoms. The molecule has 0 aliphatic carbocycles. The van der Waals surface area contributed by atoms with Gasteiger partial charge < -0.3 is 0 Å². The number of rotatable bonds is 0. The lowest BCUT2D eigenvalue weighted by atomic mass is 10.1. The molecule has 2 heteroatoms. The van der Waals surface area contributed by atoms with Crippen molar-refractivity contribution in [2.75, 3.05) is 20.1 Å². The molecule has 2 aromatic carbocycles. The molecule has 0 saturated carbocycles. The van der Waals surface area contributed by atoms with Crippen LogP contribution in [-0.4, -0.2) is 30.7 Å². The van der Waals surface area contributed by atoms with Crippen molar-refractivity contribution in [2.24, 2.45) is 0 Å². The summed E-state index contributed by atoms with van der Waals surface area (Å²) < 4.78 is 0. The van der Waals surface area contributed by atoms with E-state index in [1.54, 1.807) is 0 Å². The number of nitrogens with one attached hydrogen (secondary N) is 1. The Bertz CT molecular complexity index is 546. The lowest BCUT2D eigenvalue weighted by Crippen LogP contribution is -2.43. The third-order valence-corrected chi connectivity index (χ3v) is 3.86. The molecule has 0 radical (unpaired) electrons. The molecule has 0 spiro atoms. The van der Waals surface area contributed by atoms with Crippen LogP contribution in [-0.2, 0) is 0 Å². The fraction of sp³-hybridized carbons (Fsp3) is 0.412. The molecular weight excluding hydrogens is 232 g/mol. The maximum absolute atomic E-state index is 3.37. The minimum Gasteiger partial charge on any atom is -0.298 e. The predicted octanol–water partition coefficient (Wildman–Crippen LogP) is 3.41. The second-order valence-corrected chi connectivity index (χ2v) is 5.76. The minimum atomic E-state index is 0.236. The van der Waals surface area contributed by atoms with Crippen LogP contribution in [0.3, 0.4) is 0 Å². The second-order valence-electron chi connectivity index (χ2n) is 5.76. The normalized spacial score (nSPS) is 18.1. The average Bonchev–Trinajstić information content (AvgIpc) is 2.68. The van der Waals surface area contributed by atoms with Gasteiger partial charge in [-0.25, -0.2) is 0 Å². The van der Waals surface area contributed by atoms with Gasteiger partial charge in [0.1, 0.15) is 0 Å². The van der Waals surface area contributed by atoms with Gasteiger partial charge in [-0.05, 0) is 38.6 Å². The van der Waals surface area contributed by atoms with E-state index in [9.17, 15) is 0 Å². The zero-order chi connectivity index (χ0) is 13.9.